The SMILES string of the molecule is Cc1nc(C2(c3ccccc3)CCN(C(=O)CC3CCCN3C)CC2)cs1. The monoisotopic (exact) mass is 383 g/mol. The summed E-state index contributed by atoms with van der Waals surface area (Å²) in [6.07, 6.45) is 4.94. The number of hydrogen-bond acceptors (Lipinski definition) is 4. The van der Waals surface area contributed by atoms with Crippen molar-refractivity contribution in [2.75, 3.05) is 26.7 Å². The van der Waals surface area contributed by atoms with Crippen molar-refractivity contribution < 1.29 is 4.79 Å². The Kier molecular flexibility index (Phi) is 5.33. The molecule has 2 aliphatic rings. The molecule has 4 rings (SSSR count). The first-order valence-corrected chi connectivity index (χ1v) is 10.9. The lowest BCUT2D eigenvalue weighted by molar-refractivity contribution is -0.133. The first kappa shape index (κ1) is 18.6. The third-order valence-corrected chi connectivity index (χ3v) is 7.26. The third kappa shape index (κ3) is 3.67. The standard InChI is InChI=1S/C22H29N3OS/c1-17-23-20(16-27-17)22(18-7-4-3-5-8-18)10-13-25(14-11-22)21(26)15-19-9-6-12-24(19)2/h3-5,7-8,16,19H,6,9-15H2,1-2H3. The largest absolute Gasteiger partial charge is 0.343 e. The average Bonchev–Trinajstić information content (AvgIpc) is 3.31. The number of aromatic nitrogens is 1. The third-order valence-electron chi connectivity index (χ3n) is 6.49. The second-order valence-electron chi connectivity index (χ2n) is 8.06. The van der Waals surface area contributed by atoms with Crippen molar-refractivity contribution in [2.45, 2.75) is 50.5 Å². The van der Waals surface area contributed by atoms with Gasteiger partial charge < -0.3 is 9.80 Å². The average molecular weight is 384 g/mol. The number of nitrogens with zero attached hydrogens (tertiary/aromatic N) is 3. The lowest BCUT2D eigenvalue weighted by atomic mass is 9.70. The topological polar surface area (TPSA) is 36.4 Å². The molecule has 3 heterocycles. The van der Waals surface area contributed by atoms with E-state index in [1.807, 2.05) is 0 Å². The molecule has 0 saturated carbocycles. The first-order valence-electron chi connectivity index (χ1n) is 10.0. The Balaban J connectivity index is 1.51. The molecule has 27 heavy (non-hydrogen) atoms. The predicted octanol–water partition coefficient (Wildman–Crippen LogP) is 3.84. The minimum atomic E-state index is -0.0625. The molecule has 5 heteroatoms. The summed E-state index contributed by atoms with van der Waals surface area (Å²) >= 11 is 1.72. The summed E-state index contributed by atoms with van der Waals surface area (Å²) in [6.45, 7) is 4.84. The number of likely N-dealkylation sites (tertiary alicyclic amines) is 2. The van der Waals surface area contributed by atoms with E-state index < -0.39 is 0 Å². The van der Waals surface area contributed by atoms with Gasteiger partial charge in [-0.25, -0.2) is 4.98 Å². The number of hydrogen-bond donors (Lipinski definition) is 0. The van der Waals surface area contributed by atoms with Crippen molar-refractivity contribution in [1.82, 2.24) is 14.8 Å². The summed E-state index contributed by atoms with van der Waals surface area (Å²) in [5, 5.41) is 3.33. The first-order chi connectivity index (χ1) is 13.1. The Labute approximate surface area is 166 Å². The van der Waals surface area contributed by atoms with Crippen molar-refractivity contribution in [1.29, 1.82) is 0 Å². The van der Waals surface area contributed by atoms with E-state index in [0.717, 1.165) is 43.9 Å². The number of carbonyl (C=O) groups is 1. The summed E-state index contributed by atoms with van der Waals surface area (Å²) < 4.78 is 0. The van der Waals surface area contributed by atoms with E-state index in [0.29, 0.717) is 18.4 Å². The number of piperidine rings is 1. The highest BCUT2D eigenvalue weighted by atomic mass is 32.1. The molecule has 2 aromatic rings. The number of carbonyl (C=O) groups excluding carboxylic acids is 1. The van der Waals surface area contributed by atoms with Crippen LogP contribution >= 0.6 is 11.3 Å². The number of aryl methyl sites for hydroxylation is 1. The Bertz CT molecular complexity index is 780. The van der Waals surface area contributed by atoms with E-state index in [9.17, 15) is 4.79 Å². The van der Waals surface area contributed by atoms with E-state index in [2.05, 4.69) is 59.5 Å². The van der Waals surface area contributed by atoms with Gasteiger partial charge in [0.1, 0.15) is 0 Å². The van der Waals surface area contributed by atoms with Crippen LogP contribution in [0.15, 0.2) is 35.7 Å². The smallest absolute Gasteiger partial charge is 0.224 e. The molecule has 0 spiro atoms. The minimum absolute atomic E-state index is 0.0625. The van der Waals surface area contributed by atoms with Gasteiger partial charge in [-0.1, -0.05) is 30.3 Å². The van der Waals surface area contributed by atoms with Crippen LogP contribution in [-0.4, -0.2) is 53.4 Å². The van der Waals surface area contributed by atoms with E-state index in [-0.39, 0.29) is 5.41 Å². The Hall–Kier alpha value is -1.72. The molecule has 1 amide bonds. The summed E-state index contributed by atoms with van der Waals surface area (Å²) in [5.74, 6) is 0.324. The quantitative estimate of drug-likeness (QED) is 0.805. The molecule has 1 unspecified atom stereocenters. The van der Waals surface area contributed by atoms with Crippen molar-refractivity contribution in [3.63, 3.8) is 0 Å². The number of thiazole rings is 1. The maximum Gasteiger partial charge on any atom is 0.224 e. The second kappa shape index (κ2) is 7.72. The molecular weight excluding hydrogens is 354 g/mol. The fourth-order valence-corrected chi connectivity index (χ4v) is 5.45. The van der Waals surface area contributed by atoms with E-state index in [4.69, 9.17) is 4.98 Å². The fourth-order valence-electron chi connectivity index (χ4n) is 4.74. The van der Waals surface area contributed by atoms with Crippen molar-refractivity contribution in [3.8, 4) is 0 Å². The molecule has 2 fully saturated rings. The van der Waals surface area contributed by atoms with Gasteiger partial charge in [-0.05, 0) is 51.8 Å². The van der Waals surface area contributed by atoms with E-state index >= 15 is 0 Å². The van der Waals surface area contributed by atoms with Gasteiger partial charge in [-0.2, -0.15) is 0 Å². The highest BCUT2D eigenvalue weighted by Crippen LogP contribution is 2.42. The number of amides is 1. The van der Waals surface area contributed by atoms with Gasteiger partial charge in [-0.3, -0.25) is 4.79 Å². The molecule has 0 N–H and O–H groups in total. The highest BCUT2D eigenvalue weighted by molar-refractivity contribution is 7.09. The molecule has 1 aromatic carbocycles. The maximum absolute atomic E-state index is 12.9. The predicted molar refractivity (Wildman–Crippen MR) is 110 cm³/mol. The summed E-state index contributed by atoms with van der Waals surface area (Å²) in [6, 6.07) is 11.2. The Morgan fingerprint density at radius 3 is 2.56 bits per heavy atom. The lowest BCUT2D eigenvalue weighted by Gasteiger charge is -2.42. The van der Waals surface area contributed by atoms with Crippen molar-refractivity contribution >= 4 is 17.2 Å². The zero-order valence-corrected chi connectivity index (χ0v) is 17.2. The molecule has 0 radical (unpaired) electrons. The Morgan fingerprint density at radius 1 is 1.22 bits per heavy atom. The number of benzene rings is 1. The van der Waals surface area contributed by atoms with Crippen LogP contribution in [0.4, 0.5) is 0 Å². The van der Waals surface area contributed by atoms with Gasteiger partial charge in [0.05, 0.1) is 10.7 Å². The summed E-state index contributed by atoms with van der Waals surface area (Å²) in [5.41, 5.74) is 2.45. The zero-order valence-electron chi connectivity index (χ0n) is 16.4. The molecule has 144 valence electrons. The molecule has 0 bridgehead atoms. The second-order valence-corrected chi connectivity index (χ2v) is 9.12. The van der Waals surface area contributed by atoms with Crippen LogP contribution in [0.3, 0.4) is 0 Å². The van der Waals surface area contributed by atoms with Crippen LogP contribution in [-0.2, 0) is 10.2 Å². The summed E-state index contributed by atoms with van der Waals surface area (Å²) in [4.78, 5) is 22.2. The normalized spacial score (nSPS) is 22.9. The van der Waals surface area contributed by atoms with Crippen LogP contribution in [0.5, 0.6) is 0 Å². The van der Waals surface area contributed by atoms with Crippen LogP contribution < -0.4 is 0 Å². The number of rotatable bonds is 4. The van der Waals surface area contributed by atoms with Crippen molar-refractivity contribution in [2.24, 2.45) is 0 Å². The molecule has 2 aliphatic heterocycles. The highest BCUT2D eigenvalue weighted by Gasteiger charge is 2.41. The molecular formula is C22H29N3OS. The van der Waals surface area contributed by atoms with Gasteiger partial charge in [0.25, 0.3) is 0 Å². The van der Waals surface area contributed by atoms with Crippen molar-refractivity contribution in [3.05, 3.63) is 52.0 Å². The molecule has 4 nitrogen and oxygen atoms in total. The van der Waals surface area contributed by atoms with Gasteiger partial charge in [-0.15, -0.1) is 11.3 Å². The van der Waals surface area contributed by atoms with Gasteiger partial charge in [0.15, 0.2) is 0 Å². The van der Waals surface area contributed by atoms with E-state index in [1.165, 1.54) is 17.7 Å². The zero-order chi connectivity index (χ0) is 18.9. The van der Waals surface area contributed by atoms with Crippen LogP contribution in [0.1, 0.15) is 48.4 Å². The van der Waals surface area contributed by atoms with Gasteiger partial charge in [0, 0.05) is 36.3 Å². The maximum atomic E-state index is 12.9. The fraction of sp³-hybridized carbons (Fsp3) is 0.545. The van der Waals surface area contributed by atoms with Gasteiger partial charge >= 0.3 is 0 Å². The van der Waals surface area contributed by atoms with Crippen LogP contribution in [0.25, 0.3) is 0 Å². The lowest BCUT2D eigenvalue weighted by Crippen LogP contribution is -2.47. The molecule has 2 saturated heterocycles. The molecule has 1 atom stereocenters. The minimum Gasteiger partial charge on any atom is -0.343 e. The van der Waals surface area contributed by atoms with Crippen LogP contribution in [0.2, 0.25) is 0 Å². The molecule has 1 aromatic heterocycles. The van der Waals surface area contributed by atoms with E-state index in [1.54, 1.807) is 11.3 Å². The Morgan fingerprint density at radius 2 is 1.96 bits per heavy atom. The van der Waals surface area contributed by atoms with Crippen LogP contribution in [0, 0.1) is 6.92 Å². The van der Waals surface area contributed by atoms with Gasteiger partial charge in [0.2, 0.25) is 5.91 Å². The summed E-state index contributed by atoms with van der Waals surface area (Å²) in [7, 11) is 2.14. The molecule has 0 aliphatic carbocycles.